The highest BCUT2D eigenvalue weighted by molar-refractivity contribution is 8.01. The Morgan fingerprint density at radius 3 is 2.88 bits per heavy atom. The molecule has 0 saturated carbocycles. The number of carbonyl (C=O) groups excluding carboxylic acids is 1. The lowest BCUT2D eigenvalue weighted by atomic mass is 10.2. The minimum absolute atomic E-state index is 0.243. The lowest BCUT2D eigenvalue weighted by Gasteiger charge is -2.11. The van der Waals surface area contributed by atoms with Crippen molar-refractivity contribution in [1.82, 2.24) is 5.32 Å². The molecule has 0 fully saturated rings. The SMILES string of the molecule is CC[C@H](NC(=O)CSc1cccs1)C(=O)O. The molecule has 0 aliphatic rings. The first kappa shape index (κ1) is 13.1. The van der Waals surface area contributed by atoms with Gasteiger partial charge in [0, 0.05) is 0 Å². The molecule has 16 heavy (non-hydrogen) atoms. The van der Waals surface area contributed by atoms with Crippen molar-refractivity contribution in [3.05, 3.63) is 17.5 Å². The number of aliphatic carboxylic acids is 1. The van der Waals surface area contributed by atoms with E-state index >= 15 is 0 Å². The van der Waals surface area contributed by atoms with E-state index in [0.29, 0.717) is 6.42 Å². The molecule has 0 spiro atoms. The molecule has 0 aliphatic heterocycles. The van der Waals surface area contributed by atoms with Crippen LogP contribution in [0.5, 0.6) is 0 Å². The number of hydrogen-bond acceptors (Lipinski definition) is 4. The predicted octanol–water partition coefficient (Wildman–Crippen LogP) is 1.82. The lowest BCUT2D eigenvalue weighted by molar-refractivity contribution is -0.141. The zero-order valence-corrected chi connectivity index (χ0v) is 10.4. The van der Waals surface area contributed by atoms with Gasteiger partial charge in [-0.15, -0.1) is 23.1 Å². The largest absolute Gasteiger partial charge is 0.480 e. The molecule has 1 heterocycles. The predicted molar refractivity (Wildman–Crippen MR) is 64.9 cm³/mol. The molecule has 0 saturated heterocycles. The average Bonchev–Trinajstić information content (AvgIpc) is 2.75. The monoisotopic (exact) mass is 259 g/mol. The Morgan fingerprint density at radius 2 is 2.38 bits per heavy atom. The second kappa shape index (κ2) is 6.55. The van der Waals surface area contributed by atoms with E-state index < -0.39 is 12.0 Å². The molecule has 1 aromatic rings. The topological polar surface area (TPSA) is 66.4 Å². The summed E-state index contributed by atoms with van der Waals surface area (Å²) in [6, 6.07) is 3.06. The number of thiophene rings is 1. The van der Waals surface area contributed by atoms with Gasteiger partial charge >= 0.3 is 5.97 Å². The molecule has 2 N–H and O–H groups in total. The molecule has 0 unspecified atom stereocenters. The fraction of sp³-hybridized carbons (Fsp3) is 0.400. The number of amides is 1. The van der Waals surface area contributed by atoms with E-state index in [1.807, 2.05) is 17.5 Å². The summed E-state index contributed by atoms with van der Waals surface area (Å²) in [4.78, 5) is 22.1. The molecule has 0 aromatic carbocycles. The van der Waals surface area contributed by atoms with Gasteiger partial charge < -0.3 is 10.4 Å². The van der Waals surface area contributed by atoms with Crippen molar-refractivity contribution in [2.75, 3.05) is 5.75 Å². The number of nitrogens with one attached hydrogen (secondary N) is 1. The van der Waals surface area contributed by atoms with Crippen LogP contribution in [0.2, 0.25) is 0 Å². The lowest BCUT2D eigenvalue weighted by Crippen LogP contribution is -2.41. The molecule has 1 aromatic heterocycles. The fourth-order valence-electron chi connectivity index (χ4n) is 1.06. The number of rotatable bonds is 6. The van der Waals surface area contributed by atoms with Gasteiger partial charge in [-0.3, -0.25) is 4.79 Å². The Labute approximate surface area is 102 Å². The highest BCUT2D eigenvalue weighted by Gasteiger charge is 2.17. The zero-order chi connectivity index (χ0) is 12.0. The standard InChI is InChI=1S/C10H13NO3S2/c1-2-7(10(13)14)11-8(12)6-16-9-4-3-5-15-9/h3-5,7H,2,6H2,1H3,(H,11,12)(H,13,14)/t7-/m0/s1. The van der Waals surface area contributed by atoms with Crippen LogP contribution in [0.4, 0.5) is 0 Å². The molecule has 1 amide bonds. The van der Waals surface area contributed by atoms with Crippen LogP contribution in [0.15, 0.2) is 21.7 Å². The minimum Gasteiger partial charge on any atom is -0.480 e. The molecular formula is C10H13NO3S2. The molecule has 88 valence electrons. The average molecular weight is 259 g/mol. The maximum Gasteiger partial charge on any atom is 0.326 e. The van der Waals surface area contributed by atoms with Crippen LogP contribution in [0.3, 0.4) is 0 Å². The molecular weight excluding hydrogens is 246 g/mol. The Bertz CT molecular complexity index is 351. The van der Waals surface area contributed by atoms with E-state index in [1.54, 1.807) is 18.3 Å². The van der Waals surface area contributed by atoms with Gasteiger partial charge in [-0.1, -0.05) is 13.0 Å². The third-order valence-corrected chi connectivity index (χ3v) is 4.01. The normalized spacial score (nSPS) is 12.1. The van der Waals surface area contributed by atoms with Crippen LogP contribution in [-0.2, 0) is 9.59 Å². The Balaban J connectivity index is 2.33. The summed E-state index contributed by atoms with van der Waals surface area (Å²) in [6.07, 6.45) is 0.394. The summed E-state index contributed by atoms with van der Waals surface area (Å²) in [6.45, 7) is 1.73. The first-order chi connectivity index (χ1) is 7.63. The van der Waals surface area contributed by atoms with Gasteiger partial charge in [-0.05, 0) is 17.9 Å². The summed E-state index contributed by atoms with van der Waals surface area (Å²) in [7, 11) is 0. The third kappa shape index (κ3) is 4.24. The maximum atomic E-state index is 11.4. The van der Waals surface area contributed by atoms with Gasteiger partial charge in [0.05, 0.1) is 9.96 Å². The van der Waals surface area contributed by atoms with Crippen molar-refractivity contribution in [1.29, 1.82) is 0 Å². The summed E-state index contributed by atoms with van der Waals surface area (Å²) < 4.78 is 1.05. The molecule has 0 bridgehead atoms. The summed E-state index contributed by atoms with van der Waals surface area (Å²) in [5.74, 6) is -0.978. The number of hydrogen-bond donors (Lipinski definition) is 2. The smallest absolute Gasteiger partial charge is 0.326 e. The van der Waals surface area contributed by atoms with Crippen molar-refractivity contribution in [3.63, 3.8) is 0 Å². The zero-order valence-electron chi connectivity index (χ0n) is 8.80. The Kier molecular flexibility index (Phi) is 5.34. The van der Waals surface area contributed by atoms with E-state index in [9.17, 15) is 9.59 Å². The van der Waals surface area contributed by atoms with Gasteiger partial charge in [0.2, 0.25) is 5.91 Å². The molecule has 4 nitrogen and oxygen atoms in total. The van der Waals surface area contributed by atoms with E-state index in [1.165, 1.54) is 11.8 Å². The molecule has 6 heteroatoms. The van der Waals surface area contributed by atoms with Crippen LogP contribution in [0.25, 0.3) is 0 Å². The summed E-state index contributed by atoms with van der Waals surface area (Å²) >= 11 is 2.98. The Hall–Kier alpha value is -1.01. The highest BCUT2D eigenvalue weighted by atomic mass is 32.2. The molecule has 0 radical (unpaired) electrons. The number of thioether (sulfide) groups is 1. The van der Waals surface area contributed by atoms with Gasteiger partial charge in [0.25, 0.3) is 0 Å². The van der Waals surface area contributed by atoms with Crippen LogP contribution in [0, 0.1) is 0 Å². The Morgan fingerprint density at radius 1 is 1.62 bits per heavy atom. The quantitative estimate of drug-likeness (QED) is 0.765. The first-order valence-corrected chi connectivity index (χ1v) is 6.68. The first-order valence-electron chi connectivity index (χ1n) is 4.82. The minimum atomic E-state index is -0.989. The van der Waals surface area contributed by atoms with Gasteiger partial charge in [0.1, 0.15) is 6.04 Å². The molecule has 0 aliphatic carbocycles. The van der Waals surface area contributed by atoms with Crippen LogP contribution >= 0.6 is 23.1 Å². The van der Waals surface area contributed by atoms with E-state index in [2.05, 4.69) is 5.32 Å². The maximum absolute atomic E-state index is 11.4. The van der Waals surface area contributed by atoms with Gasteiger partial charge in [-0.2, -0.15) is 0 Å². The third-order valence-electron chi connectivity index (χ3n) is 1.88. The van der Waals surface area contributed by atoms with E-state index in [4.69, 9.17) is 5.11 Å². The molecule has 1 atom stereocenters. The van der Waals surface area contributed by atoms with Gasteiger partial charge in [-0.25, -0.2) is 4.79 Å². The summed E-state index contributed by atoms with van der Waals surface area (Å²) in [5.41, 5.74) is 0. The van der Waals surface area contributed by atoms with E-state index in [0.717, 1.165) is 4.21 Å². The number of carboxylic acid groups (broad SMARTS) is 1. The summed E-state index contributed by atoms with van der Waals surface area (Å²) in [5, 5.41) is 13.2. The van der Waals surface area contributed by atoms with Crippen molar-refractivity contribution < 1.29 is 14.7 Å². The van der Waals surface area contributed by atoms with Crippen LogP contribution in [-0.4, -0.2) is 28.8 Å². The molecule has 1 rings (SSSR count). The second-order valence-corrected chi connectivity index (χ2v) is 5.31. The number of carbonyl (C=O) groups is 2. The second-order valence-electron chi connectivity index (χ2n) is 3.09. The van der Waals surface area contributed by atoms with E-state index in [-0.39, 0.29) is 11.7 Å². The van der Waals surface area contributed by atoms with Gasteiger partial charge in [0.15, 0.2) is 0 Å². The van der Waals surface area contributed by atoms with Crippen LogP contribution in [0.1, 0.15) is 13.3 Å². The highest BCUT2D eigenvalue weighted by Crippen LogP contribution is 2.22. The van der Waals surface area contributed by atoms with Crippen molar-refractivity contribution in [2.45, 2.75) is 23.6 Å². The van der Waals surface area contributed by atoms with Crippen LogP contribution < -0.4 is 5.32 Å². The van der Waals surface area contributed by atoms with Crippen molar-refractivity contribution in [3.8, 4) is 0 Å². The fourth-order valence-corrected chi connectivity index (χ4v) is 2.65. The number of carboxylic acids is 1. The van der Waals surface area contributed by atoms with Crippen molar-refractivity contribution in [2.24, 2.45) is 0 Å². The van der Waals surface area contributed by atoms with Crippen molar-refractivity contribution >= 4 is 35.0 Å².